The number of hydrogen-bond acceptors (Lipinski definition) is 2. The second kappa shape index (κ2) is 7.01. The lowest BCUT2D eigenvalue weighted by molar-refractivity contribution is 0.296. The number of para-hydroxylation sites is 1. The van der Waals surface area contributed by atoms with Gasteiger partial charge in [0.05, 0.1) is 6.61 Å². The standard InChI is InChI=1S/C16H17F2NO/c17-15-7-4-8-16(18)14(15)11-12(19)9-10-20-13-5-2-1-3-6-13/h1-8,12H,9-11,19H2. The van der Waals surface area contributed by atoms with Crippen LogP contribution >= 0.6 is 0 Å². The monoisotopic (exact) mass is 277 g/mol. The predicted octanol–water partition coefficient (Wildman–Crippen LogP) is 3.30. The Bertz CT molecular complexity index is 525. The molecule has 1 atom stereocenters. The van der Waals surface area contributed by atoms with Gasteiger partial charge in [-0.2, -0.15) is 0 Å². The maximum absolute atomic E-state index is 13.5. The van der Waals surface area contributed by atoms with Crippen LogP contribution in [0.25, 0.3) is 0 Å². The lowest BCUT2D eigenvalue weighted by atomic mass is 10.0. The van der Waals surface area contributed by atoms with Crippen LogP contribution < -0.4 is 10.5 Å². The molecule has 0 saturated heterocycles. The molecular formula is C16H17F2NO. The van der Waals surface area contributed by atoms with E-state index in [9.17, 15) is 8.78 Å². The van der Waals surface area contributed by atoms with Crippen LogP contribution in [0.3, 0.4) is 0 Å². The summed E-state index contributed by atoms with van der Waals surface area (Å²) in [5.41, 5.74) is 5.94. The van der Waals surface area contributed by atoms with E-state index in [2.05, 4.69) is 0 Å². The third-order valence-electron chi connectivity index (χ3n) is 3.03. The third kappa shape index (κ3) is 4.03. The second-order valence-corrected chi connectivity index (χ2v) is 4.61. The van der Waals surface area contributed by atoms with E-state index in [-0.39, 0.29) is 18.0 Å². The van der Waals surface area contributed by atoms with Gasteiger partial charge < -0.3 is 10.5 Å². The number of hydrogen-bond donors (Lipinski definition) is 1. The molecule has 20 heavy (non-hydrogen) atoms. The number of halogens is 2. The zero-order chi connectivity index (χ0) is 14.4. The molecular weight excluding hydrogens is 260 g/mol. The summed E-state index contributed by atoms with van der Waals surface area (Å²) in [4.78, 5) is 0. The molecule has 4 heteroatoms. The molecule has 0 saturated carbocycles. The van der Waals surface area contributed by atoms with Crippen molar-refractivity contribution in [1.82, 2.24) is 0 Å². The van der Waals surface area contributed by atoms with Gasteiger partial charge in [0.25, 0.3) is 0 Å². The Kier molecular flexibility index (Phi) is 5.07. The van der Waals surface area contributed by atoms with Crippen molar-refractivity contribution in [2.24, 2.45) is 5.73 Å². The van der Waals surface area contributed by atoms with Crippen molar-refractivity contribution >= 4 is 0 Å². The SMILES string of the molecule is NC(CCOc1ccccc1)Cc1c(F)cccc1F. The van der Waals surface area contributed by atoms with Crippen LogP contribution in [0.2, 0.25) is 0 Å². The summed E-state index contributed by atoms with van der Waals surface area (Å²) in [6.07, 6.45) is 0.694. The molecule has 0 aliphatic carbocycles. The van der Waals surface area contributed by atoms with E-state index in [1.54, 1.807) is 0 Å². The summed E-state index contributed by atoms with van der Waals surface area (Å²) in [5.74, 6) is -0.342. The van der Waals surface area contributed by atoms with Crippen molar-refractivity contribution < 1.29 is 13.5 Å². The molecule has 0 aromatic heterocycles. The first-order chi connectivity index (χ1) is 9.66. The van der Waals surface area contributed by atoms with Crippen LogP contribution in [0, 0.1) is 11.6 Å². The van der Waals surface area contributed by atoms with Gasteiger partial charge in [-0.05, 0) is 37.1 Å². The molecule has 0 heterocycles. The Hall–Kier alpha value is -1.94. The fourth-order valence-electron chi connectivity index (χ4n) is 1.94. The van der Waals surface area contributed by atoms with E-state index in [4.69, 9.17) is 10.5 Å². The van der Waals surface area contributed by atoms with Crippen molar-refractivity contribution in [1.29, 1.82) is 0 Å². The Morgan fingerprint density at radius 3 is 2.25 bits per heavy atom. The molecule has 0 spiro atoms. The Morgan fingerprint density at radius 2 is 1.60 bits per heavy atom. The average Bonchev–Trinajstić information content (AvgIpc) is 2.44. The van der Waals surface area contributed by atoms with Gasteiger partial charge in [-0.1, -0.05) is 24.3 Å². The van der Waals surface area contributed by atoms with Crippen molar-refractivity contribution in [3.8, 4) is 5.75 Å². The van der Waals surface area contributed by atoms with E-state index in [1.165, 1.54) is 18.2 Å². The first-order valence-corrected chi connectivity index (χ1v) is 6.53. The Balaban J connectivity index is 1.82. The van der Waals surface area contributed by atoms with Crippen LogP contribution in [0.15, 0.2) is 48.5 Å². The molecule has 2 rings (SSSR count). The molecule has 2 N–H and O–H groups in total. The highest BCUT2D eigenvalue weighted by Gasteiger charge is 2.12. The highest BCUT2D eigenvalue weighted by molar-refractivity contribution is 5.21. The fraction of sp³-hybridized carbons (Fsp3) is 0.250. The summed E-state index contributed by atoms with van der Waals surface area (Å²) in [6.45, 7) is 0.418. The molecule has 1 unspecified atom stereocenters. The molecule has 2 aromatic carbocycles. The van der Waals surface area contributed by atoms with E-state index < -0.39 is 11.6 Å². The van der Waals surface area contributed by atoms with Crippen molar-refractivity contribution in [2.45, 2.75) is 18.9 Å². The van der Waals surface area contributed by atoms with Gasteiger partial charge in [-0.25, -0.2) is 8.78 Å². The van der Waals surface area contributed by atoms with E-state index in [0.717, 1.165) is 5.75 Å². The average molecular weight is 277 g/mol. The zero-order valence-corrected chi connectivity index (χ0v) is 11.1. The minimum atomic E-state index is -0.551. The summed E-state index contributed by atoms with van der Waals surface area (Å²) in [7, 11) is 0. The van der Waals surface area contributed by atoms with Gasteiger partial charge in [0.1, 0.15) is 17.4 Å². The number of nitrogens with two attached hydrogens (primary N) is 1. The highest BCUT2D eigenvalue weighted by Crippen LogP contribution is 2.15. The topological polar surface area (TPSA) is 35.2 Å². The van der Waals surface area contributed by atoms with Gasteiger partial charge >= 0.3 is 0 Å². The molecule has 0 radical (unpaired) electrons. The predicted molar refractivity (Wildman–Crippen MR) is 74.6 cm³/mol. The molecule has 106 valence electrons. The molecule has 2 aromatic rings. The van der Waals surface area contributed by atoms with Gasteiger partial charge in [-0.15, -0.1) is 0 Å². The minimum Gasteiger partial charge on any atom is -0.494 e. The maximum Gasteiger partial charge on any atom is 0.129 e. The van der Waals surface area contributed by atoms with Crippen LogP contribution in [-0.4, -0.2) is 12.6 Å². The molecule has 0 fully saturated rings. The van der Waals surface area contributed by atoms with Gasteiger partial charge in [0.2, 0.25) is 0 Å². The quantitative estimate of drug-likeness (QED) is 0.879. The second-order valence-electron chi connectivity index (χ2n) is 4.61. The first kappa shape index (κ1) is 14.5. The Labute approximate surface area is 117 Å². The lowest BCUT2D eigenvalue weighted by Gasteiger charge is -2.13. The summed E-state index contributed by atoms with van der Waals surface area (Å²) in [5, 5.41) is 0. The zero-order valence-electron chi connectivity index (χ0n) is 11.1. The summed E-state index contributed by atoms with van der Waals surface area (Å²) < 4.78 is 32.4. The van der Waals surface area contributed by atoms with Gasteiger partial charge in [0.15, 0.2) is 0 Å². The minimum absolute atomic E-state index is 0.0414. The third-order valence-corrected chi connectivity index (χ3v) is 3.03. The summed E-state index contributed by atoms with van der Waals surface area (Å²) in [6, 6.07) is 12.8. The van der Waals surface area contributed by atoms with Crippen LogP contribution in [-0.2, 0) is 6.42 Å². The molecule has 0 aliphatic rings. The van der Waals surface area contributed by atoms with Crippen LogP contribution in [0.1, 0.15) is 12.0 Å². The van der Waals surface area contributed by atoms with Crippen LogP contribution in [0.5, 0.6) is 5.75 Å². The van der Waals surface area contributed by atoms with Gasteiger partial charge in [-0.3, -0.25) is 0 Å². The van der Waals surface area contributed by atoms with E-state index in [1.807, 2.05) is 30.3 Å². The summed E-state index contributed by atoms with van der Waals surface area (Å²) >= 11 is 0. The van der Waals surface area contributed by atoms with Gasteiger partial charge in [0, 0.05) is 11.6 Å². The Morgan fingerprint density at radius 1 is 0.950 bits per heavy atom. The number of benzene rings is 2. The number of rotatable bonds is 6. The fourth-order valence-corrected chi connectivity index (χ4v) is 1.94. The van der Waals surface area contributed by atoms with E-state index >= 15 is 0 Å². The normalized spacial score (nSPS) is 12.2. The lowest BCUT2D eigenvalue weighted by Crippen LogP contribution is -2.26. The smallest absolute Gasteiger partial charge is 0.129 e. The first-order valence-electron chi connectivity index (χ1n) is 6.53. The van der Waals surface area contributed by atoms with Crippen molar-refractivity contribution in [2.75, 3.05) is 6.61 Å². The molecule has 0 amide bonds. The van der Waals surface area contributed by atoms with Crippen molar-refractivity contribution in [3.05, 3.63) is 65.7 Å². The molecule has 2 nitrogen and oxygen atoms in total. The van der Waals surface area contributed by atoms with Crippen molar-refractivity contribution in [3.63, 3.8) is 0 Å². The maximum atomic E-state index is 13.5. The van der Waals surface area contributed by atoms with E-state index in [0.29, 0.717) is 13.0 Å². The van der Waals surface area contributed by atoms with Crippen LogP contribution in [0.4, 0.5) is 8.78 Å². The molecule has 0 bridgehead atoms. The number of ether oxygens (including phenoxy) is 1. The highest BCUT2D eigenvalue weighted by atomic mass is 19.1. The largest absolute Gasteiger partial charge is 0.494 e. The molecule has 0 aliphatic heterocycles.